The first-order chi connectivity index (χ1) is 25.6. The largest absolute Gasteiger partial charge is 0.369 e. The van der Waals surface area contributed by atoms with Gasteiger partial charge >= 0.3 is 0 Å². The van der Waals surface area contributed by atoms with Crippen LogP contribution in [0.2, 0.25) is 0 Å². The van der Waals surface area contributed by atoms with Gasteiger partial charge in [0.05, 0.1) is 40.0 Å². The fourth-order valence-electron chi connectivity index (χ4n) is 7.63. The number of para-hydroxylation sites is 2. The second-order valence-corrected chi connectivity index (χ2v) is 12.8. The Hall–Kier alpha value is -7.25. The molecule has 6 nitrogen and oxygen atoms in total. The minimum Gasteiger partial charge on any atom is -0.369 e. The molecule has 0 radical (unpaired) electrons. The van der Waals surface area contributed by atoms with Gasteiger partial charge in [0.2, 0.25) is 0 Å². The number of anilines is 1. The minimum absolute atomic E-state index is 0.292. The Bertz CT molecular complexity index is 2710. The van der Waals surface area contributed by atoms with Crippen molar-refractivity contribution in [3.05, 3.63) is 180 Å². The van der Waals surface area contributed by atoms with Crippen molar-refractivity contribution >= 4 is 33.4 Å². The van der Waals surface area contributed by atoms with Gasteiger partial charge in [-0.15, -0.1) is 0 Å². The lowest BCUT2D eigenvalue weighted by Crippen LogP contribution is -2.27. The topological polar surface area (TPSA) is 93.0 Å². The van der Waals surface area contributed by atoms with Crippen LogP contribution in [0.15, 0.2) is 158 Å². The van der Waals surface area contributed by atoms with Crippen LogP contribution in [-0.4, -0.2) is 15.6 Å². The van der Waals surface area contributed by atoms with E-state index in [1.54, 1.807) is 18.2 Å². The second-order valence-electron chi connectivity index (χ2n) is 12.8. The molecule has 1 unspecified atom stereocenters. The number of carbonyl (C=O) groups is 1. The Morgan fingerprint density at radius 2 is 1.04 bits per heavy atom. The van der Waals surface area contributed by atoms with E-state index in [2.05, 4.69) is 28.8 Å². The molecule has 8 aromatic rings. The number of hydrogen-bond donors (Lipinski definition) is 1. The maximum atomic E-state index is 14.3. The molecule has 1 aromatic heterocycles. The van der Waals surface area contributed by atoms with E-state index >= 15 is 0 Å². The van der Waals surface area contributed by atoms with E-state index in [1.807, 2.05) is 127 Å². The molecule has 0 fully saturated rings. The number of benzene rings is 7. The number of nitriles is 2. The van der Waals surface area contributed by atoms with Crippen molar-refractivity contribution in [1.29, 1.82) is 10.5 Å². The summed E-state index contributed by atoms with van der Waals surface area (Å²) in [7, 11) is 0. The molecule has 0 aliphatic carbocycles. The third-order valence-corrected chi connectivity index (χ3v) is 9.92. The summed E-state index contributed by atoms with van der Waals surface area (Å²) in [5, 5.41) is 33.8. The number of fused-ring (bicyclic) bond motifs is 4. The van der Waals surface area contributed by atoms with Crippen molar-refractivity contribution in [2.45, 2.75) is 6.23 Å². The number of aliphatic hydroxyl groups is 1. The first-order valence-electron chi connectivity index (χ1n) is 16.9. The number of hydrogen-bond acceptors (Lipinski definition) is 4. The molecule has 6 heteroatoms. The van der Waals surface area contributed by atoms with Crippen molar-refractivity contribution < 1.29 is 9.90 Å². The average Bonchev–Trinajstić information content (AvgIpc) is 3.69. The highest BCUT2D eigenvalue weighted by Crippen LogP contribution is 2.46. The molecule has 1 N–H and O–H groups in total. The first-order valence-corrected chi connectivity index (χ1v) is 16.9. The SMILES string of the molecule is N#Cc1cccc(-c2cccc3c4cccc(-c5cccc(C#N)c5)c4n(-c4cccc5c4C(O)N(c4cccc(-c6ccccc6)c4)C5=O)c23)c1. The molecular weight excluding hydrogens is 641 g/mol. The summed E-state index contributed by atoms with van der Waals surface area (Å²) in [6.45, 7) is 0. The van der Waals surface area contributed by atoms with Crippen LogP contribution in [0.4, 0.5) is 5.69 Å². The van der Waals surface area contributed by atoms with Crippen LogP contribution in [0.1, 0.15) is 33.3 Å². The third kappa shape index (κ3) is 4.79. The Morgan fingerprint density at radius 3 is 1.65 bits per heavy atom. The van der Waals surface area contributed by atoms with E-state index in [0.717, 1.165) is 55.2 Å². The van der Waals surface area contributed by atoms with Crippen LogP contribution in [0.25, 0.3) is 60.9 Å². The fraction of sp³-hybridized carbons (Fsp3) is 0.0217. The van der Waals surface area contributed by atoms with Gasteiger partial charge in [-0.05, 0) is 70.8 Å². The lowest BCUT2D eigenvalue weighted by atomic mass is 9.99. The summed E-state index contributed by atoms with van der Waals surface area (Å²) >= 11 is 0. The molecule has 0 saturated heterocycles. The monoisotopic (exact) mass is 668 g/mol. The molecule has 9 rings (SSSR count). The maximum absolute atomic E-state index is 14.3. The summed E-state index contributed by atoms with van der Waals surface area (Å²) in [6.07, 6.45) is -1.28. The summed E-state index contributed by atoms with van der Waals surface area (Å²) in [6, 6.07) is 55.1. The Kier molecular flexibility index (Phi) is 7.26. The predicted molar refractivity (Wildman–Crippen MR) is 205 cm³/mol. The van der Waals surface area contributed by atoms with Crippen molar-refractivity contribution in [2.24, 2.45) is 0 Å². The van der Waals surface area contributed by atoms with Crippen LogP contribution in [0.3, 0.4) is 0 Å². The van der Waals surface area contributed by atoms with Crippen molar-refractivity contribution in [1.82, 2.24) is 4.57 Å². The van der Waals surface area contributed by atoms with E-state index in [-0.39, 0.29) is 5.91 Å². The minimum atomic E-state index is -1.28. The Morgan fingerprint density at radius 1 is 0.519 bits per heavy atom. The van der Waals surface area contributed by atoms with Gasteiger partial charge < -0.3 is 9.67 Å². The van der Waals surface area contributed by atoms with E-state index in [0.29, 0.717) is 33.6 Å². The van der Waals surface area contributed by atoms with Gasteiger partial charge in [0.15, 0.2) is 6.23 Å². The predicted octanol–water partition coefficient (Wildman–Crippen LogP) is 10.2. The van der Waals surface area contributed by atoms with Gasteiger partial charge in [0, 0.05) is 38.7 Å². The van der Waals surface area contributed by atoms with Crippen molar-refractivity contribution in [3.63, 3.8) is 0 Å². The van der Waals surface area contributed by atoms with Crippen LogP contribution in [-0.2, 0) is 0 Å². The maximum Gasteiger partial charge on any atom is 0.261 e. The van der Waals surface area contributed by atoms with Gasteiger partial charge in [-0.2, -0.15) is 10.5 Å². The zero-order valence-electron chi connectivity index (χ0n) is 27.7. The van der Waals surface area contributed by atoms with Crippen LogP contribution < -0.4 is 4.90 Å². The van der Waals surface area contributed by atoms with Gasteiger partial charge in [0.1, 0.15) is 0 Å². The first kappa shape index (κ1) is 30.8. The van der Waals surface area contributed by atoms with E-state index in [4.69, 9.17) is 0 Å². The molecule has 1 atom stereocenters. The molecule has 7 aromatic carbocycles. The van der Waals surface area contributed by atoms with E-state index in [1.165, 1.54) is 4.90 Å². The molecule has 1 amide bonds. The van der Waals surface area contributed by atoms with Crippen LogP contribution >= 0.6 is 0 Å². The molecule has 1 aliphatic heterocycles. The zero-order valence-corrected chi connectivity index (χ0v) is 27.7. The molecule has 0 spiro atoms. The molecule has 2 heterocycles. The number of aliphatic hydroxyl groups excluding tert-OH is 1. The number of aromatic nitrogens is 1. The summed E-state index contributed by atoms with van der Waals surface area (Å²) in [5.74, 6) is -0.292. The summed E-state index contributed by atoms with van der Waals surface area (Å²) < 4.78 is 2.15. The molecule has 1 aliphatic rings. The Labute approximate surface area is 299 Å². The van der Waals surface area contributed by atoms with Gasteiger partial charge in [-0.25, -0.2) is 0 Å². The number of rotatable bonds is 5. The van der Waals surface area contributed by atoms with Gasteiger partial charge in [-0.1, -0.05) is 109 Å². The molecule has 244 valence electrons. The van der Waals surface area contributed by atoms with Crippen LogP contribution in [0.5, 0.6) is 0 Å². The Balaban J connectivity index is 1.34. The standard InChI is InChI=1S/C46H28N4O2/c47-27-29-10-4-15-33(24-29)36-18-7-20-38-39-21-8-19-37(34-16-5-11-30(25-34)28-48)44(39)50(43(36)38)41-23-9-22-40-42(41)46(52)49(45(40)51)35-17-6-14-32(26-35)31-12-2-1-3-13-31/h1-26,46,52H. The quantitative estimate of drug-likeness (QED) is 0.198. The summed E-state index contributed by atoms with van der Waals surface area (Å²) in [4.78, 5) is 15.8. The van der Waals surface area contributed by atoms with Gasteiger partial charge in [0.25, 0.3) is 5.91 Å². The number of amides is 1. The highest BCUT2D eigenvalue weighted by Gasteiger charge is 2.39. The third-order valence-electron chi connectivity index (χ3n) is 9.92. The van der Waals surface area contributed by atoms with E-state index < -0.39 is 6.23 Å². The highest BCUT2D eigenvalue weighted by molar-refractivity contribution is 6.18. The molecule has 0 bridgehead atoms. The highest BCUT2D eigenvalue weighted by atomic mass is 16.3. The lowest BCUT2D eigenvalue weighted by molar-refractivity contribution is 0.0935. The normalized spacial score (nSPS) is 13.6. The number of nitrogens with zero attached hydrogens (tertiary/aromatic N) is 4. The van der Waals surface area contributed by atoms with Gasteiger partial charge in [-0.3, -0.25) is 9.69 Å². The van der Waals surface area contributed by atoms with Crippen molar-refractivity contribution in [3.8, 4) is 51.2 Å². The zero-order chi connectivity index (χ0) is 35.3. The summed E-state index contributed by atoms with van der Waals surface area (Å²) in [5.41, 5.74) is 10.5. The lowest BCUT2D eigenvalue weighted by Gasteiger charge is -2.23. The smallest absolute Gasteiger partial charge is 0.261 e. The molecule has 52 heavy (non-hydrogen) atoms. The molecular formula is C46H28N4O2. The number of carbonyl (C=O) groups excluding carboxylic acids is 1. The average molecular weight is 669 g/mol. The second kappa shape index (κ2) is 12.3. The van der Waals surface area contributed by atoms with Crippen LogP contribution in [0, 0.1) is 22.7 Å². The molecule has 0 saturated carbocycles. The van der Waals surface area contributed by atoms with E-state index in [9.17, 15) is 20.4 Å². The van der Waals surface area contributed by atoms with Crippen molar-refractivity contribution in [2.75, 3.05) is 4.90 Å². The fourth-order valence-corrected chi connectivity index (χ4v) is 7.63.